The van der Waals surface area contributed by atoms with Crippen LogP contribution >= 0.6 is 11.9 Å². The van der Waals surface area contributed by atoms with Gasteiger partial charge in [-0.3, -0.25) is 0 Å². The highest BCUT2D eigenvalue weighted by molar-refractivity contribution is 8.11. The second-order valence-electron chi connectivity index (χ2n) is 5.30. The van der Waals surface area contributed by atoms with Gasteiger partial charge in [-0.1, -0.05) is 55.7 Å². The van der Waals surface area contributed by atoms with Crippen molar-refractivity contribution in [2.24, 2.45) is 0 Å². The van der Waals surface area contributed by atoms with Crippen molar-refractivity contribution in [3.8, 4) is 0 Å². The lowest BCUT2D eigenvalue weighted by atomic mass is 10.1. The molecule has 1 unspecified atom stereocenters. The number of hydrogen-bond acceptors (Lipinski definition) is 3. The Kier molecular flexibility index (Phi) is 6.75. The minimum Gasteiger partial charge on any atom is -0.592 e. The number of aryl methyl sites for hydroxylation is 1. The average Bonchev–Trinajstić information content (AvgIpc) is 2.78. The van der Waals surface area contributed by atoms with Crippen molar-refractivity contribution in [3.05, 3.63) is 23.8 Å². The molecule has 4 heteroatoms. The Balaban J connectivity index is 1.78. The minimum atomic E-state index is -0.958. The van der Waals surface area contributed by atoms with E-state index in [1.54, 1.807) is 11.9 Å². The molecular formula is C16H25NOS2. The predicted molar refractivity (Wildman–Crippen MR) is 88.2 cm³/mol. The summed E-state index contributed by atoms with van der Waals surface area (Å²) in [5.74, 6) is 0. The summed E-state index contributed by atoms with van der Waals surface area (Å²) in [7, 11) is 0. The van der Waals surface area contributed by atoms with E-state index < -0.39 is 11.4 Å². The molecule has 0 fully saturated rings. The van der Waals surface area contributed by atoms with Gasteiger partial charge in [0.25, 0.3) is 0 Å². The third-order valence-corrected chi connectivity index (χ3v) is 6.65. The number of benzene rings is 1. The Morgan fingerprint density at radius 1 is 1.10 bits per heavy atom. The van der Waals surface area contributed by atoms with Crippen LogP contribution in [0.4, 0.5) is 0 Å². The van der Waals surface area contributed by atoms with E-state index >= 15 is 0 Å². The van der Waals surface area contributed by atoms with Crippen molar-refractivity contribution in [3.63, 3.8) is 0 Å². The second kappa shape index (κ2) is 8.32. The number of hydrogen-bond donors (Lipinski definition) is 0. The SMILES string of the molecule is CCCCCCCCN1Sc2cc(CC)ccc2[S+]1[O-]. The van der Waals surface area contributed by atoms with Gasteiger partial charge in [0, 0.05) is 11.9 Å². The van der Waals surface area contributed by atoms with E-state index in [-0.39, 0.29) is 0 Å². The van der Waals surface area contributed by atoms with E-state index in [0.717, 1.165) is 24.3 Å². The van der Waals surface area contributed by atoms with Crippen LogP contribution < -0.4 is 0 Å². The van der Waals surface area contributed by atoms with E-state index in [2.05, 4.69) is 26.0 Å². The molecule has 0 aliphatic carbocycles. The highest BCUT2D eigenvalue weighted by Crippen LogP contribution is 2.42. The molecule has 1 aliphatic rings. The first-order valence-electron chi connectivity index (χ1n) is 7.76. The lowest BCUT2D eigenvalue weighted by molar-refractivity contribution is 0.522. The number of rotatable bonds is 8. The highest BCUT2D eigenvalue weighted by Gasteiger charge is 2.34. The molecule has 0 radical (unpaired) electrons. The maximum absolute atomic E-state index is 12.4. The topological polar surface area (TPSA) is 26.3 Å². The Labute approximate surface area is 130 Å². The standard InChI is InChI=1S/C16H25NOS2/c1-3-5-6-7-8-9-12-17-19-15-13-14(4-2)10-11-16(15)20(17)18/h10-11,13H,3-9,12H2,1-2H3. The van der Waals surface area contributed by atoms with E-state index in [4.69, 9.17) is 0 Å². The third kappa shape index (κ3) is 4.17. The van der Waals surface area contributed by atoms with E-state index in [9.17, 15) is 4.55 Å². The summed E-state index contributed by atoms with van der Waals surface area (Å²) in [5.41, 5.74) is 1.33. The maximum atomic E-state index is 12.4. The molecule has 1 aromatic rings. The van der Waals surface area contributed by atoms with Gasteiger partial charge in [-0.2, -0.15) is 0 Å². The lowest BCUT2D eigenvalue weighted by Gasteiger charge is -2.14. The van der Waals surface area contributed by atoms with Crippen molar-refractivity contribution in [1.82, 2.24) is 3.71 Å². The van der Waals surface area contributed by atoms with Gasteiger partial charge in [-0.25, -0.2) is 0 Å². The maximum Gasteiger partial charge on any atom is 0.190 e. The van der Waals surface area contributed by atoms with E-state index in [0.29, 0.717) is 0 Å². The van der Waals surface area contributed by atoms with Crippen molar-refractivity contribution >= 4 is 23.3 Å². The molecule has 2 nitrogen and oxygen atoms in total. The molecule has 0 bridgehead atoms. The van der Waals surface area contributed by atoms with Crippen molar-refractivity contribution in [1.29, 1.82) is 0 Å². The number of unbranched alkanes of at least 4 members (excludes halogenated alkanes) is 5. The fraction of sp³-hybridized carbons (Fsp3) is 0.625. The Bertz CT molecular complexity index is 425. The molecule has 1 atom stereocenters. The van der Waals surface area contributed by atoms with Gasteiger partial charge < -0.3 is 4.55 Å². The Morgan fingerprint density at radius 3 is 2.60 bits per heavy atom. The molecule has 0 N–H and O–H groups in total. The molecule has 1 aromatic carbocycles. The van der Waals surface area contributed by atoms with Crippen LogP contribution in [-0.4, -0.2) is 14.8 Å². The summed E-state index contributed by atoms with van der Waals surface area (Å²) in [4.78, 5) is 2.19. The molecular weight excluding hydrogens is 286 g/mol. The number of nitrogens with zero attached hydrogens (tertiary/aromatic N) is 1. The van der Waals surface area contributed by atoms with Crippen LogP contribution in [0, 0.1) is 0 Å². The quantitative estimate of drug-likeness (QED) is 0.386. The molecule has 0 spiro atoms. The predicted octanol–water partition coefficient (Wildman–Crippen LogP) is 4.95. The second-order valence-corrected chi connectivity index (χ2v) is 7.97. The van der Waals surface area contributed by atoms with Gasteiger partial charge in [0.15, 0.2) is 4.90 Å². The first-order chi connectivity index (χ1) is 9.76. The minimum absolute atomic E-state index is 0.930. The first-order valence-corrected chi connectivity index (χ1v) is 9.64. The van der Waals surface area contributed by atoms with Crippen molar-refractivity contribution in [2.45, 2.75) is 68.6 Å². The molecule has 0 aromatic heterocycles. The Morgan fingerprint density at radius 2 is 1.85 bits per heavy atom. The molecule has 20 heavy (non-hydrogen) atoms. The van der Waals surface area contributed by atoms with Gasteiger partial charge >= 0.3 is 0 Å². The van der Waals surface area contributed by atoms with Gasteiger partial charge in [0.05, 0.1) is 22.8 Å². The molecule has 0 saturated carbocycles. The molecule has 112 valence electrons. The van der Waals surface area contributed by atoms with Crippen LogP contribution in [0.25, 0.3) is 0 Å². The number of fused-ring (bicyclic) bond motifs is 1. The van der Waals surface area contributed by atoms with Crippen LogP contribution in [0.1, 0.15) is 57.9 Å². The zero-order valence-electron chi connectivity index (χ0n) is 12.6. The summed E-state index contributed by atoms with van der Waals surface area (Å²) in [5, 5.41) is 0. The zero-order chi connectivity index (χ0) is 14.4. The van der Waals surface area contributed by atoms with Crippen molar-refractivity contribution in [2.75, 3.05) is 6.54 Å². The van der Waals surface area contributed by atoms with E-state index in [1.165, 1.54) is 42.6 Å². The molecule has 1 aliphatic heterocycles. The molecule has 2 rings (SSSR count). The molecule has 1 heterocycles. The lowest BCUT2D eigenvalue weighted by Crippen LogP contribution is -2.20. The fourth-order valence-corrected chi connectivity index (χ4v) is 5.20. The summed E-state index contributed by atoms with van der Waals surface area (Å²) in [6, 6.07) is 6.34. The zero-order valence-corrected chi connectivity index (χ0v) is 14.2. The van der Waals surface area contributed by atoms with Crippen LogP contribution in [0.2, 0.25) is 0 Å². The summed E-state index contributed by atoms with van der Waals surface area (Å²) >= 11 is 0.717. The van der Waals surface area contributed by atoms with Crippen LogP contribution in [0.3, 0.4) is 0 Å². The van der Waals surface area contributed by atoms with Crippen LogP contribution in [0.15, 0.2) is 28.0 Å². The summed E-state index contributed by atoms with van der Waals surface area (Å²) in [6.45, 7) is 5.33. The van der Waals surface area contributed by atoms with Crippen molar-refractivity contribution < 1.29 is 4.55 Å². The summed E-state index contributed by atoms with van der Waals surface area (Å²) < 4.78 is 14.4. The van der Waals surface area contributed by atoms with Crippen LogP contribution in [0.5, 0.6) is 0 Å². The first kappa shape index (κ1) is 16.2. The Hall–Kier alpha value is -0.160. The van der Waals surface area contributed by atoms with Gasteiger partial charge in [0.2, 0.25) is 0 Å². The molecule has 0 saturated heterocycles. The largest absolute Gasteiger partial charge is 0.592 e. The van der Waals surface area contributed by atoms with Crippen LogP contribution in [-0.2, 0) is 17.8 Å². The highest BCUT2D eigenvalue weighted by atomic mass is 32.3. The summed E-state index contributed by atoms with van der Waals surface area (Å²) in [6.07, 6.45) is 8.73. The van der Waals surface area contributed by atoms with Gasteiger partial charge in [-0.05, 0) is 30.5 Å². The smallest absolute Gasteiger partial charge is 0.190 e. The fourth-order valence-electron chi connectivity index (χ4n) is 2.39. The van der Waals surface area contributed by atoms with E-state index in [1.807, 2.05) is 9.78 Å². The monoisotopic (exact) mass is 311 g/mol. The van der Waals surface area contributed by atoms with Gasteiger partial charge in [-0.15, -0.1) is 0 Å². The average molecular weight is 312 g/mol. The normalized spacial score (nSPS) is 18.4. The van der Waals surface area contributed by atoms with Gasteiger partial charge in [0.1, 0.15) is 0 Å². The third-order valence-electron chi connectivity index (χ3n) is 3.68. The molecule has 0 amide bonds.